The van der Waals surface area contributed by atoms with Crippen molar-refractivity contribution >= 4 is 41.1 Å². The lowest BCUT2D eigenvalue weighted by molar-refractivity contribution is -0.156. The van der Waals surface area contributed by atoms with Crippen LogP contribution in [0.25, 0.3) is 0 Å². The molecular formula is C10H8ClN3O4S. The number of carbonyl (C=O) groups excluding carboxylic acids is 2. The van der Waals surface area contributed by atoms with Crippen LogP contribution in [0.1, 0.15) is 6.92 Å². The van der Waals surface area contributed by atoms with Gasteiger partial charge in [-0.1, -0.05) is 11.6 Å². The number of nitriles is 1. The van der Waals surface area contributed by atoms with Crippen LogP contribution >= 0.6 is 23.4 Å². The number of β-lactam (4-membered cyclic amide) rings is 1. The van der Waals surface area contributed by atoms with Gasteiger partial charge < -0.3 is 5.11 Å². The lowest BCUT2D eigenvalue weighted by Gasteiger charge is -2.50. The van der Waals surface area contributed by atoms with Crippen LogP contribution in [-0.2, 0) is 14.4 Å². The highest BCUT2D eigenvalue weighted by Crippen LogP contribution is 2.43. The molecule has 100 valence electrons. The standard InChI is InChI=1S/C10H8ClN3O4S/c1-4(15)13(3-12)7-8(16)14-6(10(17)18)5(11)2-19-9(7)14/h7,9H,2H2,1H3,(H,17,18)/t7?,9-/m0/s1. The van der Waals surface area contributed by atoms with Crippen molar-refractivity contribution < 1.29 is 19.5 Å². The Hall–Kier alpha value is -1.72. The van der Waals surface area contributed by atoms with Gasteiger partial charge >= 0.3 is 5.97 Å². The molecule has 0 aliphatic carbocycles. The van der Waals surface area contributed by atoms with Crippen molar-refractivity contribution in [2.75, 3.05) is 5.75 Å². The van der Waals surface area contributed by atoms with Crippen molar-refractivity contribution in [2.24, 2.45) is 0 Å². The van der Waals surface area contributed by atoms with Gasteiger partial charge in [0.1, 0.15) is 11.1 Å². The molecule has 7 nitrogen and oxygen atoms in total. The van der Waals surface area contributed by atoms with E-state index in [1.807, 2.05) is 0 Å². The second kappa shape index (κ2) is 4.75. The van der Waals surface area contributed by atoms with Crippen LogP contribution in [0.4, 0.5) is 0 Å². The van der Waals surface area contributed by atoms with Crippen molar-refractivity contribution in [3.63, 3.8) is 0 Å². The highest BCUT2D eigenvalue weighted by atomic mass is 35.5. The third-order valence-corrected chi connectivity index (χ3v) is 4.56. The number of amides is 2. The average molecular weight is 302 g/mol. The largest absolute Gasteiger partial charge is 0.477 e. The predicted octanol–water partition coefficient (Wildman–Crippen LogP) is 0.135. The first-order chi connectivity index (χ1) is 8.90. The number of nitrogens with zero attached hydrogens (tertiary/aromatic N) is 3. The molecule has 1 unspecified atom stereocenters. The molecule has 0 saturated carbocycles. The fourth-order valence-electron chi connectivity index (χ4n) is 2.00. The zero-order chi connectivity index (χ0) is 14.3. The number of aliphatic carboxylic acids is 1. The number of carboxylic acids is 1. The summed E-state index contributed by atoms with van der Waals surface area (Å²) in [5, 5.41) is 17.4. The average Bonchev–Trinajstić information content (AvgIpc) is 2.34. The quantitative estimate of drug-likeness (QED) is 0.442. The van der Waals surface area contributed by atoms with E-state index in [2.05, 4.69) is 0 Å². The smallest absolute Gasteiger partial charge is 0.353 e. The number of carbonyl (C=O) groups is 3. The number of halogens is 1. The molecule has 2 rings (SSSR count). The summed E-state index contributed by atoms with van der Waals surface area (Å²) in [7, 11) is 0. The van der Waals surface area contributed by atoms with Gasteiger partial charge in [-0.15, -0.1) is 11.8 Å². The monoisotopic (exact) mass is 301 g/mol. The van der Waals surface area contributed by atoms with Crippen molar-refractivity contribution in [1.82, 2.24) is 9.80 Å². The van der Waals surface area contributed by atoms with Crippen molar-refractivity contribution in [1.29, 1.82) is 5.26 Å². The summed E-state index contributed by atoms with van der Waals surface area (Å²) < 4.78 is 0. The molecule has 1 saturated heterocycles. The van der Waals surface area contributed by atoms with Gasteiger partial charge in [-0.2, -0.15) is 5.26 Å². The molecule has 2 atom stereocenters. The van der Waals surface area contributed by atoms with E-state index in [9.17, 15) is 14.4 Å². The van der Waals surface area contributed by atoms with Crippen molar-refractivity contribution in [2.45, 2.75) is 18.3 Å². The first-order valence-corrected chi connectivity index (χ1v) is 6.59. The molecule has 2 heterocycles. The van der Waals surface area contributed by atoms with E-state index in [0.29, 0.717) is 0 Å². The van der Waals surface area contributed by atoms with E-state index in [0.717, 1.165) is 9.80 Å². The van der Waals surface area contributed by atoms with Crippen LogP contribution < -0.4 is 0 Å². The molecule has 0 radical (unpaired) electrons. The molecule has 0 aromatic carbocycles. The molecule has 19 heavy (non-hydrogen) atoms. The van der Waals surface area contributed by atoms with Crippen LogP contribution in [0, 0.1) is 11.5 Å². The van der Waals surface area contributed by atoms with Gasteiger partial charge in [-0.3, -0.25) is 14.5 Å². The number of hydrogen-bond donors (Lipinski definition) is 1. The van der Waals surface area contributed by atoms with E-state index >= 15 is 0 Å². The third-order valence-electron chi connectivity index (χ3n) is 2.82. The van der Waals surface area contributed by atoms with Crippen LogP contribution in [0.2, 0.25) is 0 Å². The minimum absolute atomic E-state index is 0.0758. The van der Waals surface area contributed by atoms with Crippen LogP contribution in [0.15, 0.2) is 10.7 Å². The summed E-state index contributed by atoms with van der Waals surface area (Å²) in [6.07, 6.45) is 1.65. The molecule has 9 heteroatoms. The van der Waals surface area contributed by atoms with Gasteiger partial charge in [-0.05, 0) is 0 Å². The molecule has 1 fully saturated rings. The van der Waals surface area contributed by atoms with Gasteiger partial charge in [0.15, 0.2) is 12.2 Å². The molecule has 0 spiro atoms. The maximum absolute atomic E-state index is 12.0. The summed E-state index contributed by atoms with van der Waals surface area (Å²) >= 11 is 7.02. The van der Waals surface area contributed by atoms with Crippen LogP contribution in [0.5, 0.6) is 0 Å². The third kappa shape index (κ3) is 1.95. The molecule has 2 aliphatic rings. The highest BCUT2D eigenvalue weighted by Gasteiger charge is 2.56. The zero-order valence-electron chi connectivity index (χ0n) is 9.66. The van der Waals surface area contributed by atoms with E-state index in [-0.39, 0.29) is 16.5 Å². The van der Waals surface area contributed by atoms with E-state index in [4.69, 9.17) is 22.0 Å². The topological polar surface area (TPSA) is 102 Å². The van der Waals surface area contributed by atoms with E-state index < -0.39 is 29.2 Å². The second-order valence-electron chi connectivity index (χ2n) is 3.90. The van der Waals surface area contributed by atoms with E-state index in [1.165, 1.54) is 18.7 Å². The fourth-order valence-corrected chi connectivity index (χ4v) is 3.59. The van der Waals surface area contributed by atoms with Gasteiger partial charge in [-0.25, -0.2) is 9.69 Å². The first-order valence-electron chi connectivity index (χ1n) is 5.16. The fraction of sp³-hybridized carbons (Fsp3) is 0.400. The Kier molecular flexibility index (Phi) is 3.43. The molecule has 0 bridgehead atoms. The second-order valence-corrected chi connectivity index (χ2v) is 5.46. The molecule has 0 aromatic rings. The van der Waals surface area contributed by atoms with E-state index in [1.54, 1.807) is 6.19 Å². The Morgan fingerprint density at radius 3 is 2.74 bits per heavy atom. The maximum Gasteiger partial charge on any atom is 0.353 e. The van der Waals surface area contributed by atoms with Crippen molar-refractivity contribution in [3.8, 4) is 6.19 Å². The van der Waals surface area contributed by atoms with Crippen molar-refractivity contribution in [3.05, 3.63) is 10.7 Å². The SMILES string of the molecule is CC(=O)N(C#N)C1C(=O)N2C(C(=O)O)=C(Cl)CS[C@@H]12. The molecule has 2 amide bonds. The number of thioether (sulfide) groups is 1. The Bertz CT molecular complexity index is 555. The first kappa shape index (κ1) is 13.7. The van der Waals surface area contributed by atoms with Gasteiger partial charge in [0.25, 0.3) is 5.91 Å². The minimum Gasteiger partial charge on any atom is -0.477 e. The van der Waals surface area contributed by atoms with Crippen LogP contribution in [-0.4, -0.2) is 49.9 Å². The molecule has 2 aliphatic heterocycles. The van der Waals surface area contributed by atoms with Crippen LogP contribution in [0.3, 0.4) is 0 Å². The normalized spacial score (nSPS) is 25.3. The minimum atomic E-state index is -1.30. The van der Waals surface area contributed by atoms with Gasteiger partial charge in [0.05, 0.1) is 5.03 Å². The van der Waals surface area contributed by atoms with Gasteiger partial charge in [0.2, 0.25) is 5.91 Å². The molecule has 1 N–H and O–H groups in total. The lowest BCUT2D eigenvalue weighted by Crippen LogP contribution is -2.70. The maximum atomic E-state index is 12.0. The summed E-state index contributed by atoms with van der Waals surface area (Å²) in [6, 6.07) is -0.952. The Morgan fingerprint density at radius 2 is 2.26 bits per heavy atom. The highest BCUT2D eigenvalue weighted by molar-refractivity contribution is 8.00. The lowest BCUT2D eigenvalue weighted by atomic mass is 10.0. The molecular weight excluding hydrogens is 294 g/mol. The number of hydrogen-bond acceptors (Lipinski definition) is 5. The number of fused-ring (bicyclic) bond motifs is 1. The molecule has 0 aromatic heterocycles. The predicted molar refractivity (Wildman–Crippen MR) is 65.5 cm³/mol. The van der Waals surface area contributed by atoms with Gasteiger partial charge in [0, 0.05) is 12.7 Å². The summed E-state index contributed by atoms with van der Waals surface area (Å²) in [6.45, 7) is 1.17. The summed E-state index contributed by atoms with van der Waals surface area (Å²) in [5.41, 5.74) is -0.270. The number of carboxylic acid groups (broad SMARTS) is 1. The summed E-state index contributed by atoms with van der Waals surface area (Å²) in [5.74, 6) is -2.23. The Labute approximate surface area is 117 Å². The summed E-state index contributed by atoms with van der Waals surface area (Å²) in [4.78, 5) is 36.1. The number of rotatable bonds is 2. The Morgan fingerprint density at radius 1 is 1.63 bits per heavy atom. The zero-order valence-corrected chi connectivity index (χ0v) is 11.2. The Balaban J connectivity index is 2.33.